The summed E-state index contributed by atoms with van der Waals surface area (Å²) in [6, 6.07) is 21.5. The molecule has 0 radical (unpaired) electrons. The number of hydrogen-bond acceptors (Lipinski definition) is 3. The Kier molecular flexibility index (Phi) is 5.23. The van der Waals surface area contributed by atoms with Gasteiger partial charge >= 0.3 is 0 Å². The zero-order valence-corrected chi connectivity index (χ0v) is 15.4. The van der Waals surface area contributed by atoms with Gasteiger partial charge in [0.2, 0.25) is 0 Å². The van der Waals surface area contributed by atoms with Gasteiger partial charge in [-0.05, 0) is 64.8 Å². The Labute approximate surface area is 160 Å². The first kappa shape index (κ1) is 17.8. The molecule has 0 atom stereocenters. The predicted molar refractivity (Wildman–Crippen MR) is 110 cm³/mol. The molecule has 27 heavy (non-hydrogen) atoms. The minimum atomic E-state index is 0.202. The maximum atomic E-state index is 8.89. The first-order valence-electron chi connectivity index (χ1n) is 9.59. The van der Waals surface area contributed by atoms with Crippen molar-refractivity contribution < 1.29 is 9.84 Å². The van der Waals surface area contributed by atoms with E-state index in [1.807, 2.05) is 6.07 Å². The molecule has 1 aliphatic rings. The second kappa shape index (κ2) is 7.95. The fourth-order valence-corrected chi connectivity index (χ4v) is 3.87. The smallest absolute Gasteiger partial charge is 0.123 e. The Hall–Kier alpha value is -2.62. The van der Waals surface area contributed by atoms with Gasteiger partial charge in [-0.3, -0.25) is 0 Å². The van der Waals surface area contributed by atoms with Crippen molar-refractivity contribution in [2.75, 3.05) is 13.2 Å². The maximum absolute atomic E-state index is 8.89. The van der Waals surface area contributed by atoms with Crippen molar-refractivity contribution in [2.45, 2.75) is 25.8 Å². The average molecular weight is 359 g/mol. The number of aliphatic hydroxyl groups is 1. The second-order valence-electron chi connectivity index (χ2n) is 6.97. The minimum absolute atomic E-state index is 0.202. The van der Waals surface area contributed by atoms with E-state index < -0.39 is 0 Å². The van der Waals surface area contributed by atoms with Crippen molar-refractivity contribution in [3.63, 3.8) is 0 Å². The lowest BCUT2D eigenvalue weighted by Crippen LogP contribution is -2.05. The number of unbranched alkanes of at least 4 members (excludes halogenated alkanes) is 1. The summed E-state index contributed by atoms with van der Waals surface area (Å²) in [5, 5.41) is 8.89. The van der Waals surface area contributed by atoms with Gasteiger partial charge in [0.1, 0.15) is 5.75 Å². The molecule has 0 saturated heterocycles. The summed E-state index contributed by atoms with van der Waals surface area (Å²) in [4.78, 5) is 0. The zero-order chi connectivity index (χ0) is 18.6. The molecule has 3 aromatic carbocycles. The van der Waals surface area contributed by atoms with Crippen LogP contribution >= 0.6 is 0 Å². The molecule has 0 heterocycles. The molecule has 3 nitrogen and oxygen atoms in total. The number of fused-ring (bicyclic) bond motifs is 3. The van der Waals surface area contributed by atoms with E-state index in [-0.39, 0.29) is 6.61 Å². The van der Waals surface area contributed by atoms with Crippen LogP contribution in [0.3, 0.4) is 0 Å². The van der Waals surface area contributed by atoms with E-state index in [0.29, 0.717) is 13.2 Å². The minimum Gasteiger partial charge on any atom is -0.493 e. The molecular weight excluding hydrogens is 334 g/mol. The fourth-order valence-electron chi connectivity index (χ4n) is 3.87. The van der Waals surface area contributed by atoms with Gasteiger partial charge in [-0.25, -0.2) is 0 Å². The zero-order valence-electron chi connectivity index (χ0n) is 15.4. The lowest BCUT2D eigenvalue weighted by molar-refractivity contribution is 0.252. The fraction of sp³-hybridized carbons (Fsp3) is 0.250. The standard InChI is InChI=1S/C24H25NO2/c25-16-19-14-18(10-11-24(19)27-13-4-3-12-26)21-8-5-9-22-20-7-2-1-6-17(20)15-23(21)22/h1-2,5-11,14,26H,3-4,12-13,15-16,25H2. The Morgan fingerprint density at radius 1 is 0.889 bits per heavy atom. The highest BCUT2D eigenvalue weighted by atomic mass is 16.5. The van der Waals surface area contributed by atoms with E-state index in [4.69, 9.17) is 15.6 Å². The van der Waals surface area contributed by atoms with E-state index in [2.05, 4.69) is 54.6 Å². The Bertz CT molecular complexity index is 949. The van der Waals surface area contributed by atoms with Crippen LogP contribution in [0.25, 0.3) is 22.3 Å². The largest absolute Gasteiger partial charge is 0.493 e. The van der Waals surface area contributed by atoms with Crippen LogP contribution in [0.1, 0.15) is 29.5 Å². The van der Waals surface area contributed by atoms with Crippen molar-refractivity contribution >= 4 is 0 Å². The quantitative estimate of drug-likeness (QED) is 0.477. The molecule has 0 aromatic heterocycles. The molecular formula is C24H25NO2. The third kappa shape index (κ3) is 3.48. The van der Waals surface area contributed by atoms with Crippen LogP contribution in [-0.4, -0.2) is 18.3 Å². The summed E-state index contributed by atoms with van der Waals surface area (Å²) in [5.41, 5.74) is 14.9. The van der Waals surface area contributed by atoms with Gasteiger partial charge < -0.3 is 15.6 Å². The highest BCUT2D eigenvalue weighted by Gasteiger charge is 2.21. The lowest BCUT2D eigenvalue weighted by Gasteiger charge is -2.14. The highest BCUT2D eigenvalue weighted by Crippen LogP contribution is 2.42. The van der Waals surface area contributed by atoms with Gasteiger partial charge in [-0.15, -0.1) is 0 Å². The predicted octanol–water partition coefficient (Wildman–Crippen LogP) is 4.53. The second-order valence-corrected chi connectivity index (χ2v) is 6.97. The van der Waals surface area contributed by atoms with Crippen molar-refractivity contribution in [1.29, 1.82) is 0 Å². The summed E-state index contributed by atoms with van der Waals surface area (Å²) in [7, 11) is 0. The van der Waals surface area contributed by atoms with Crippen LogP contribution in [-0.2, 0) is 13.0 Å². The van der Waals surface area contributed by atoms with Crippen LogP contribution in [0.2, 0.25) is 0 Å². The Balaban J connectivity index is 1.65. The molecule has 0 bridgehead atoms. The van der Waals surface area contributed by atoms with E-state index in [1.165, 1.54) is 33.4 Å². The first-order valence-corrected chi connectivity index (χ1v) is 9.59. The summed E-state index contributed by atoms with van der Waals surface area (Å²) in [6.45, 7) is 1.24. The van der Waals surface area contributed by atoms with Gasteiger partial charge in [-0.2, -0.15) is 0 Å². The third-order valence-corrected chi connectivity index (χ3v) is 5.25. The van der Waals surface area contributed by atoms with Crippen molar-refractivity contribution in [2.24, 2.45) is 5.73 Å². The number of rotatable bonds is 7. The van der Waals surface area contributed by atoms with Crippen molar-refractivity contribution in [1.82, 2.24) is 0 Å². The molecule has 0 amide bonds. The van der Waals surface area contributed by atoms with Gasteiger partial charge in [0.25, 0.3) is 0 Å². The molecule has 0 saturated carbocycles. The van der Waals surface area contributed by atoms with Crippen LogP contribution in [0.5, 0.6) is 5.75 Å². The summed E-state index contributed by atoms with van der Waals surface area (Å²) in [6.07, 6.45) is 2.57. The number of aliphatic hydroxyl groups excluding tert-OH is 1. The molecule has 4 rings (SSSR count). The van der Waals surface area contributed by atoms with Gasteiger partial charge in [-0.1, -0.05) is 48.5 Å². The van der Waals surface area contributed by atoms with Crippen LogP contribution in [0.4, 0.5) is 0 Å². The first-order chi connectivity index (χ1) is 13.3. The number of nitrogens with two attached hydrogens (primary N) is 1. The summed E-state index contributed by atoms with van der Waals surface area (Å²) < 4.78 is 5.87. The van der Waals surface area contributed by atoms with Crippen molar-refractivity contribution in [3.05, 3.63) is 77.4 Å². The van der Waals surface area contributed by atoms with Crippen LogP contribution in [0.15, 0.2) is 60.7 Å². The van der Waals surface area contributed by atoms with Gasteiger partial charge in [0.05, 0.1) is 6.61 Å². The number of hydrogen-bond donors (Lipinski definition) is 2. The molecule has 1 aliphatic carbocycles. The Morgan fingerprint density at radius 3 is 2.56 bits per heavy atom. The highest BCUT2D eigenvalue weighted by molar-refractivity contribution is 5.85. The number of benzene rings is 3. The van der Waals surface area contributed by atoms with Crippen LogP contribution in [0, 0.1) is 0 Å². The molecule has 3 aromatic rings. The van der Waals surface area contributed by atoms with Crippen LogP contribution < -0.4 is 10.5 Å². The number of ether oxygens (including phenoxy) is 1. The van der Waals surface area contributed by atoms with E-state index >= 15 is 0 Å². The van der Waals surface area contributed by atoms with E-state index in [1.54, 1.807) is 0 Å². The summed E-state index contributed by atoms with van der Waals surface area (Å²) in [5.74, 6) is 0.843. The molecule has 0 unspecified atom stereocenters. The molecule has 138 valence electrons. The SMILES string of the molecule is NCc1cc(-c2cccc3c2Cc2ccccc2-3)ccc1OCCCCO. The maximum Gasteiger partial charge on any atom is 0.123 e. The third-order valence-electron chi connectivity index (χ3n) is 5.25. The van der Waals surface area contributed by atoms with E-state index in [9.17, 15) is 0 Å². The monoisotopic (exact) mass is 359 g/mol. The summed E-state index contributed by atoms with van der Waals surface area (Å²) >= 11 is 0. The normalized spacial score (nSPS) is 11.9. The molecule has 0 aliphatic heterocycles. The van der Waals surface area contributed by atoms with Gasteiger partial charge in [0.15, 0.2) is 0 Å². The van der Waals surface area contributed by atoms with E-state index in [0.717, 1.165) is 30.6 Å². The molecule has 3 N–H and O–H groups in total. The lowest BCUT2D eigenvalue weighted by atomic mass is 9.94. The molecule has 0 spiro atoms. The average Bonchev–Trinajstić information content (AvgIpc) is 3.10. The Morgan fingerprint density at radius 2 is 1.70 bits per heavy atom. The topological polar surface area (TPSA) is 55.5 Å². The molecule has 0 fully saturated rings. The van der Waals surface area contributed by atoms with Crippen molar-refractivity contribution in [3.8, 4) is 28.0 Å². The molecule has 3 heteroatoms. The van der Waals surface area contributed by atoms with Gasteiger partial charge in [0, 0.05) is 18.7 Å².